The molecule has 0 heterocycles. The summed E-state index contributed by atoms with van der Waals surface area (Å²) in [4.78, 5) is 0. The third-order valence-electron chi connectivity index (χ3n) is 4.23. The summed E-state index contributed by atoms with van der Waals surface area (Å²) in [5.74, 6) is 0.797. The van der Waals surface area contributed by atoms with Gasteiger partial charge in [0.2, 0.25) is 0 Å². The molecule has 0 bridgehead atoms. The van der Waals surface area contributed by atoms with Gasteiger partial charge in [0.1, 0.15) is 0 Å². The summed E-state index contributed by atoms with van der Waals surface area (Å²) in [6.45, 7) is 0.834. The smallest absolute Gasteiger partial charge is 0.0409 e. The van der Waals surface area contributed by atoms with Gasteiger partial charge >= 0.3 is 0 Å². The molecule has 20 heavy (non-hydrogen) atoms. The highest BCUT2D eigenvalue weighted by Gasteiger charge is 2.19. The van der Waals surface area contributed by atoms with Crippen LogP contribution in [0.3, 0.4) is 0 Å². The molecule has 0 atom stereocenters. The SMILES string of the molecule is CNCc1cc(Cl)ccc1-c1ccc(C2CCC2)cc1. The standard InChI is InChI=1S/C18H20ClN/c1-20-12-16-11-17(19)9-10-18(16)15-7-5-14(6-8-15)13-3-2-4-13/h5-11,13,20H,2-4,12H2,1H3. The van der Waals surface area contributed by atoms with E-state index in [0.29, 0.717) is 0 Å². The highest BCUT2D eigenvalue weighted by atomic mass is 35.5. The van der Waals surface area contributed by atoms with E-state index in [2.05, 4.69) is 35.6 Å². The van der Waals surface area contributed by atoms with Crippen LogP contribution < -0.4 is 5.32 Å². The van der Waals surface area contributed by atoms with Gasteiger partial charge in [-0.3, -0.25) is 0 Å². The molecule has 1 nitrogen and oxygen atoms in total. The molecule has 0 radical (unpaired) electrons. The molecular weight excluding hydrogens is 266 g/mol. The van der Waals surface area contributed by atoms with E-state index >= 15 is 0 Å². The van der Waals surface area contributed by atoms with Gasteiger partial charge in [0.25, 0.3) is 0 Å². The number of halogens is 1. The summed E-state index contributed by atoms with van der Waals surface area (Å²) in [5, 5.41) is 4.01. The molecule has 2 heteroatoms. The Morgan fingerprint density at radius 3 is 2.45 bits per heavy atom. The fourth-order valence-corrected chi connectivity index (χ4v) is 3.05. The minimum atomic E-state index is 0.796. The van der Waals surface area contributed by atoms with E-state index in [4.69, 9.17) is 11.6 Å². The van der Waals surface area contributed by atoms with Crippen molar-refractivity contribution in [1.82, 2.24) is 5.32 Å². The second-order valence-electron chi connectivity index (χ2n) is 5.58. The molecule has 0 amide bonds. The van der Waals surface area contributed by atoms with Gasteiger partial charge in [-0.15, -0.1) is 0 Å². The fraction of sp³-hybridized carbons (Fsp3) is 0.333. The average molecular weight is 286 g/mol. The van der Waals surface area contributed by atoms with E-state index in [0.717, 1.165) is 17.5 Å². The Bertz CT molecular complexity index is 585. The van der Waals surface area contributed by atoms with Crippen molar-refractivity contribution in [2.75, 3.05) is 7.05 Å². The molecule has 0 aromatic heterocycles. The van der Waals surface area contributed by atoms with Gasteiger partial charge in [-0.2, -0.15) is 0 Å². The minimum absolute atomic E-state index is 0.796. The zero-order chi connectivity index (χ0) is 13.9. The van der Waals surface area contributed by atoms with Crippen LogP contribution in [0.4, 0.5) is 0 Å². The Morgan fingerprint density at radius 1 is 1.10 bits per heavy atom. The van der Waals surface area contributed by atoms with Crippen LogP contribution in [-0.4, -0.2) is 7.05 Å². The van der Waals surface area contributed by atoms with Gasteiger partial charge in [0.15, 0.2) is 0 Å². The van der Waals surface area contributed by atoms with E-state index < -0.39 is 0 Å². The summed E-state index contributed by atoms with van der Waals surface area (Å²) in [6, 6.07) is 15.2. The third-order valence-corrected chi connectivity index (χ3v) is 4.47. The first-order chi connectivity index (χ1) is 9.78. The van der Waals surface area contributed by atoms with Crippen molar-refractivity contribution >= 4 is 11.6 Å². The molecule has 0 unspecified atom stereocenters. The highest BCUT2D eigenvalue weighted by Crippen LogP contribution is 2.37. The topological polar surface area (TPSA) is 12.0 Å². The van der Waals surface area contributed by atoms with Crippen LogP contribution in [0.15, 0.2) is 42.5 Å². The van der Waals surface area contributed by atoms with Crippen molar-refractivity contribution in [2.24, 2.45) is 0 Å². The third kappa shape index (κ3) is 2.74. The van der Waals surface area contributed by atoms with Gasteiger partial charge in [-0.1, -0.05) is 48.4 Å². The average Bonchev–Trinajstić information content (AvgIpc) is 2.39. The number of hydrogen-bond acceptors (Lipinski definition) is 1. The van der Waals surface area contributed by atoms with Crippen LogP contribution in [0.1, 0.15) is 36.3 Å². The molecular formula is C18H20ClN. The lowest BCUT2D eigenvalue weighted by atomic mass is 9.80. The predicted molar refractivity (Wildman–Crippen MR) is 86.2 cm³/mol. The molecule has 1 fully saturated rings. The quantitative estimate of drug-likeness (QED) is 0.834. The van der Waals surface area contributed by atoms with Crippen molar-refractivity contribution in [3.63, 3.8) is 0 Å². The first kappa shape index (κ1) is 13.7. The van der Waals surface area contributed by atoms with Crippen LogP contribution in [0.5, 0.6) is 0 Å². The van der Waals surface area contributed by atoms with Gasteiger partial charge in [0, 0.05) is 11.6 Å². The van der Waals surface area contributed by atoms with Crippen molar-refractivity contribution in [2.45, 2.75) is 31.7 Å². The Hall–Kier alpha value is -1.31. The second kappa shape index (κ2) is 5.99. The van der Waals surface area contributed by atoms with E-state index in [1.807, 2.05) is 19.2 Å². The van der Waals surface area contributed by atoms with Crippen molar-refractivity contribution in [1.29, 1.82) is 0 Å². The molecule has 2 aromatic rings. The Labute approximate surface area is 126 Å². The number of benzene rings is 2. The summed E-state index contributed by atoms with van der Waals surface area (Å²) in [5.41, 5.74) is 5.28. The number of nitrogens with one attached hydrogen (secondary N) is 1. The van der Waals surface area contributed by atoms with Crippen molar-refractivity contribution in [3.05, 3.63) is 58.6 Å². The maximum Gasteiger partial charge on any atom is 0.0409 e. The highest BCUT2D eigenvalue weighted by molar-refractivity contribution is 6.30. The van der Waals surface area contributed by atoms with E-state index in [-0.39, 0.29) is 0 Å². The number of rotatable bonds is 4. The molecule has 1 saturated carbocycles. The summed E-state index contributed by atoms with van der Waals surface area (Å²) in [6.07, 6.45) is 4.09. The lowest BCUT2D eigenvalue weighted by molar-refractivity contribution is 0.420. The molecule has 0 aliphatic heterocycles. The maximum atomic E-state index is 6.11. The van der Waals surface area contributed by atoms with E-state index in [9.17, 15) is 0 Å². The minimum Gasteiger partial charge on any atom is -0.316 e. The first-order valence-corrected chi connectivity index (χ1v) is 7.69. The van der Waals surface area contributed by atoms with Crippen LogP contribution in [0.25, 0.3) is 11.1 Å². The molecule has 3 rings (SSSR count). The molecule has 1 aliphatic carbocycles. The lowest BCUT2D eigenvalue weighted by Gasteiger charge is -2.26. The fourth-order valence-electron chi connectivity index (χ4n) is 2.86. The zero-order valence-corrected chi connectivity index (χ0v) is 12.6. The molecule has 0 spiro atoms. The normalized spacial score (nSPS) is 15.1. The molecule has 2 aromatic carbocycles. The monoisotopic (exact) mass is 285 g/mol. The Morgan fingerprint density at radius 2 is 1.85 bits per heavy atom. The van der Waals surface area contributed by atoms with E-state index in [1.165, 1.54) is 41.5 Å². The van der Waals surface area contributed by atoms with Crippen molar-refractivity contribution < 1.29 is 0 Å². The Balaban J connectivity index is 1.91. The number of hydrogen-bond donors (Lipinski definition) is 1. The van der Waals surface area contributed by atoms with Gasteiger partial charge in [0.05, 0.1) is 0 Å². The van der Waals surface area contributed by atoms with Crippen LogP contribution in [0, 0.1) is 0 Å². The lowest BCUT2D eigenvalue weighted by Crippen LogP contribution is -2.08. The molecule has 1 aliphatic rings. The van der Waals surface area contributed by atoms with Gasteiger partial charge < -0.3 is 5.32 Å². The van der Waals surface area contributed by atoms with Crippen LogP contribution in [0.2, 0.25) is 5.02 Å². The largest absolute Gasteiger partial charge is 0.316 e. The van der Waals surface area contributed by atoms with E-state index in [1.54, 1.807) is 0 Å². The van der Waals surface area contributed by atoms with Gasteiger partial charge in [-0.25, -0.2) is 0 Å². The van der Waals surface area contributed by atoms with Crippen LogP contribution in [-0.2, 0) is 6.54 Å². The maximum absolute atomic E-state index is 6.11. The first-order valence-electron chi connectivity index (χ1n) is 7.31. The zero-order valence-electron chi connectivity index (χ0n) is 11.8. The van der Waals surface area contributed by atoms with Gasteiger partial charge in [-0.05, 0) is 60.2 Å². The summed E-state index contributed by atoms with van der Waals surface area (Å²) < 4.78 is 0. The second-order valence-corrected chi connectivity index (χ2v) is 6.02. The predicted octanol–water partition coefficient (Wildman–Crippen LogP) is 4.99. The molecule has 1 N–H and O–H groups in total. The van der Waals surface area contributed by atoms with Crippen molar-refractivity contribution in [3.8, 4) is 11.1 Å². The molecule has 0 saturated heterocycles. The van der Waals surface area contributed by atoms with Crippen LogP contribution >= 0.6 is 11.6 Å². The summed E-state index contributed by atoms with van der Waals surface area (Å²) >= 11 is 6.11. The summed E-state index contributed by atoms with van der Waals surface area (Å²) in [7, 11) is 1.96. The molecule has 104 valence electrons. The Kier molecular flexibility index (Phi) is 4.09.